The highest BCUT2D eigenvalue weighted by atomic mass is 32.2. The van der Waals surface area contributed by atoms with Crippen molar-refractivity contribution in [1.82, 2.24) is 4.31 Å². The van der Waals surface area contributed by atoms with Crippen molar-refractivity contribution in [3.05, 3.63) is 24.0 Å². The van der Waals surface area contributed by atoms with Crippen LogP contribution < -0.4 is 5.32 Å². The monoisotopic (exact) mass is 316 g/mol. The minimum atomic E-state index is -3.99. The maximum atomic E-state index is 14.1. The summed E-state index contributed by atoms with van der Waals surface area (Å²) in [5.74, 6) is -1.30. The van der Waals surface area contributed by atoms with E-state index >= 15 is 0 Å². The summed E-state index contributed by atoms with van der Waals surface area (Å²) in [6.07, 6.45) is 1.19. The van der Waals surface area contributed by atoms with Crippen molar-refractivity contribution < 1.29 is 22.7 Å². The van der Waals surface area contributed by atoms with Gasteiger partial charge < -0.3 is 10.4 Å². The van der Waals surface area contributed by atoms with Gasteiger partial charge in [0, 0.05) is 25.2 Å². The number of hydrogen-bond acceptors (Lipinski definition) is 4. The molecular weight excluding hydrogens is 299 g/mol. The second-order valence-electron chi connectivity index (χ2n) is 4.92. The van der Waals surface area contributed by atoms with Crippen LogP contribution in [0.25, 0.3) is 0 Å². The lowest BCUT2D eigenvalue weighted by Crippen LogP contribution is -2.38. The third-order valence-corrected chi connectivity index (χ3v) is 5.36. The summed E-state index contributed by atoms with van der Waals surface area (Å²) >= 11 is 0. The van der Waals surface area contributed by atoms with Gasteiger partial charge in [-0.05, 0) is 31.0 Å². The molecular formula is C13H17FN2O4S. The number of nitrogens with zero attached hydrogens (tertiary/aromatic N) is 1. The van der Waals surface area contributed by atoms with Crippen molar-refractivity contribution in [2.45, 2.75) is 30.7 Å². The SMILES string of the molecule is CC(=O)Nc1ccc(S(=O)(=O)N2CCC[C@H]2CO)c(F)c1. The summed E-state index contributed by atoms with van der Waals surface area (Å²) in [6.45, 7) is 1.25. The molecule has 1 fully saturated rings. The zero-order valence-corrected chi connectivity index (χ0v) is 12.4. The lowest BCUT2D eigenvalue weighted by molar-refractivity contribution is -0.114. The van der Waals surface area contributed by atoms with Crippen molar-refractivity contribution in [3.8, 4) is 0 Å². The van der Waals surface area contributed by atoms with Crippen LogP contribution in [0.4, 0.5) is 10.1 Å². The number of benzene rings is 1. The zero-order chi connectivity index (χ0) is 15.6. The van der Waals surface area contributed by atoms with Gasteiger partial charge in [-0.15, -0.1) is 0 Å². The Bertz CT molecular complexity index is 648. The predicted molar refractivity (Wildman–Crippen MR) is 74.7 cm³/mol. The predicted octanol–water partition coefficient (Wildman–Crippen LogP) is 0.929. The van der Waals surface area contributed by atoms with Gasteiger partial charge in [0.25, 0.3) is 0 Å². The van der Waals surface area contributed by atoms with E-state index in [2.05, 4.69) is 5.32 Å². The Morgan fingerprint density at radius 2 is 2.24 bits per heavy atom. The molecule has 0 bridgehead atoms. The van der Waals surface area contributed by atoms with Gasteiger partial charge in [-0.25, -0.2) is 12.8 Å². The second-order valence-corrected chi connectivity index (χ2v) is 6.78. The lowest BCUT2D eigenvalue weighted by atomic mass is 10.2. The number of amides is 1. The molecule has 1 heterocycles. The standard InChI is InChI=1S/C13H17FN2O4S/c1-9(18)15-10-4-5-13(12(14)7-10)21(19,20)16-6-2-3-11(16)8-17/h4-5,7,11,17H,2-3,6,8H2,1H3,(H,15,18)/t11-/m0/s1. The Hall–Kier alpha value is -1.51. The largest absolute Gasteiger partial charge is 0.395 e. The van der Waals surface area contributed by atoms with Gasteiger partial charge in [0.2, 0.25) is 15.9 Å². The van der Waals surface area contributed by atoms with Crippen LogP contribution in [0.1, 0.15) is 19.8 Å². The van der Waals surface area contributed by atoms with E-state index in [0.29, 0.717) is 12.8 Å². The van der Waals surface area contributed by atoms with Crippen LogP contribution in [0.15, 0.2) is 23.1 Å². The first kappa shape index (κ1) is 15.9. The van der Waals surface area contributed by atoms with E-state index < -0.39 is 26.8 Å². The summed E-state index contributed by atoms with van der Waals surface area (Å²) in [5.41, 5.74) is 0.194. The molecule has 8 heteroatoms. The van der Waals surface area contributed by atoms with Gasteiger partial charge in [-0.2, -0.15) is 4.31 Å². The molecule has 0 aliphatic carbocycles. The fraction of sp³-hybridized carbons (Fsp3) is 0.462. The van der Waals surface area contributed by atoms with Crippen molar-refractivity contribution in [1.29, 1.82) is 0 Å². The lowest BCUT2D eigenvalue weighted by Gasteiger charge is -2.22. The quantitative estimate of drug-likeness (QED) is 0.865. The third kappa shape index (κ3) is 3.22. The van der Waals surface area contributed by atoms with Gasteiger partial charge in [-0.3, -0.25) is 4.79 Å². The summed E-state index contributed by atoms with van der Waals surface area (Å²) in [4.78, 5) is 10.5. The Morgan fingerprint density at radius 3 is 2.81 bits per heavy atom. The van der Waals surface area contributed by atoms with Crippen molar-refractivity contribution >= 4 is 21.6 Å². The molecule has 0 unspecified atom stereocenters. The number of nitrogens with one attached hydrogen (secondary N) is 1. The number of anilines is 1. The molecule has 1 aliphatic heterocycles. The Kier molecular flexibility index (Phi) is 4.60. The molecule has 0 aromatic heterocycles. The minimum absolute atomic E-state index is 0.194. The number of carbonyl (C=O) groups is 1. The number of sulfonamides is 1. The van der Waals surface area contributed by atoms with Gasteiger partial charge >= 0.3 is 0 Å². The van der Waals surface area contributed by atoms with Gasteiger partial charge in [0.1, 0.15) is 10.7 Å². The van der Waals surface area contributed by atoms with Gasteiger partial charge in [0.15, 0.2) is 0 Å². The van der Waals surface area contributed by atoms with E-state index in [9.17, 15) is 22.7 Å². The summed E-state index contributed by atoms with van der Waals surface area (Å²) in [7, 11) is -3.99. The van der Waals surface area contributed by atoms with Crippen LogP contribution in [0.3, 0.4) is 0 Å². The number of aliphatic hydroxyl groups excluding tert-OH is 1. The highest BCUT2D eigenvalue weighted by molar-refractivity contribution is 7.89. The maximum Gasteiger partial charge on any atom is 0.246 e. The fourth-order valence-corrected chi connectivity index (χ4v) is 4.16. The molecule has 1 saturated heterocycles. The average molecular weight is 316 g/mol. The van der Waals surface area contributed by atoms with E-state index in [-0.39, 0.29) is 24.7 Å². The average Bonchev–Trinajstić information content (AvgIpc) is 2.86. The van der Waals surface area contributed by atoms with E-state index in [0.717, 1.165) is 16.4 Å². The molecule has 1 aromatic carbocycles. The molecule has 0 radical (unpaired) electrons. The molecule has 1 atom stereocenters. The van der Waals surface area contributed by atoms with E-state index in [4.69, 9.17) is 0 Å². The van der Waals surface area contributed by atoms with Crippen LogP contribution in [0, 0.1) is 5.82 Å². The van der Waals surface area contributed by atoms with Crippen LogP contribution in [0.5, 0.6) is 0 Å². The Morgan fingerprint density at radius 1 is 1.52 bits per heavy atom. The van der Waals surface area contributed by atoms with Crippen LogP contribution in [-0.4, -0.2) is 42.9 Å². The molecule has 2 rings (SSSR count). The molecule has 21 heavy (non-hydrogen) atoms. The Balaban J connectivity index is 2.34. The zero-order valence-electron chi connectivity index (χ0n) is 11.5. The molecule has 1 amide bonds. The highest BCUT2D eigenvalue weighted by Gasteiger charge is 2.36. The molecule has 0 saturated carbocycles. The van der Waals surface area contributed by atoms with E-state index in [1.54, 1.807) is 0 Å². The van der Waals surface area contributed by atoms with Crippen LogP contribution in [-0.2, 0) is 14.8 Å². The first-order valence-electron chi connectivity index (χ1n) is 6.56. The van der Waals surface area contributed by atoms with E-state index in [1.807, 2.05) is 0 Å². The van der Waals surface area contributed by atoms with Gasteiger partial charge in [0.05, 0.1) is 6.61 Å². The third-order valence-electron chi connectivity index (χ3n) is 3.37. The minimum Gasteiger partial charge on any atom is -0.395 e. The smallest absolute Gasteiger partial charge is 0.246 e. The molecule has 1 aromatic rings. The number of halogens is 1. The molecule has 116 valence electrons. The molecule has 1 aliphatic rings. The fourth-order valence-electron chi connectivity index (χ4n) is 2.43. The maximum absolute atomic E-state index is 14.1. The van der Waals surface area contributed by atoms with Crippen LogP contribution >= 0.6 is 0 Å². The van der Waals surface area contributed by atoms with Crippen molar-refractivity contribution in [2.24, 2.45) is 0 Å². The van der Waals surface area contributed by atoms with E-state index in [1.165, 1.54) is 13.0 Å². The first-order valence-corrected chi connectivity index (χ1v) is 8.00. The van der Waals surface area contributed by atoms with Gasteiger partial charge in [-0.1, -0.05) is 0 Å². The second kappa shape index (κ2) is 6.08. The number of hydrogen-bond donors (Lipinski definition) is 2. The number of carbonyl (C=O) groups excluding carboxylic acids is 1. The summed E-state index contributed by atoms with van der Waals surface area (Å²) < 4.78 is 40.1. The summed E-state index contributed by atoms with van der Waals surface area (Å²) in [5, 5.41) is 11.6. The molecule has 2 N–H and O–H groups in total. The van der Waals surface area contributed by atoms with Crippen LogP contribution in [0.2, 0.25) is 0 Å². The highest BCUT2D eigenvalue weighted by Crippen LogP contribution is 2.28. The van der Waals surface area contributed by atoms with Crippen molar-refractivity contribution in [2.75, 3.05) is 18.5 Å². The number of rotatable bonds is 4. The van der Waals surface area contributed by atoms with Crippen molar-refractivity contribution in [3.63, 3.8) is 0 Å². The topological polar surface area (TPSA) is 86.7 Å². The molecule has 6 nitrogen and oxygen atoms in total. The summed E-state index contributed by atoms with van der Waals surface area (Å²) in [6, 6.07) is 2.92. The number of aliphatic hydroxyl groups is 1. The Labute approximate surface area is 122 Å². The first-order chi connectivity index (χ1) is 9.86. The molecule has 0 spiro atoms. The normalized spacial score (nSPS) is 19.7.